The molecule has 9 heteroatoms. The van der Waals surface area contributed by atoms with Crippen LogP contribution in [0.5, 0.6) is 0 Å². The van der Waals surface area contributed by atoms with E-state index in [2.05, 4.69) is 78.2 Å². The molecule has 1 heterocycles. The zero-order valence-corrected chi connectivity index (χ0v) is 26.9. The highest BCUT2D eigenvalue weighted by Gasteiger charge is 2.40. The first-order chi connectivity index (χ1) is 21.8. The molecule has 9 nitrogen and oxygen atoms in total. The van der Waals surface area contributed by atoms with Crippen LogP contribution in [0, 0.1) is 4.91 Å². The number of rotatable bonds is 21. The fraction of sp³-hybridized carbons (Fsp3) is 0.472. The van der Waals surface area contributed by atoms with Crippen molar-refractivity contribution in [2.45, 2.75) is 103 Å². The number of anilines is 1. The van der Waals surface area contributed by atoms with Crippen LogP contribution in [0.15, 0.2) is 84.1 Å². The van der Waals surface area contributed by atoms with Crippen LogP contribution < -0.4 is 10.2 Å². The Bertz CT molecular complexity index is 1250. The molecule has 2 rings (SSSR count). The summed E-state index contributed by atoms with van der Waals surface area (Å²) in [5.74, 6) is -1.99. The summed E-state index contributed by atoms with van der Waals surface area (Å²) in [4.78, 5) is 50.0. The highest BCUT2D eigenvalue weighted by molar-refractivity contribution is 6.04. The standard InChI is InChI=1S/C36H49N3O6/c1-4-6-7-8-9-10-11-12-13-14-15-16-17-18-19-20-21-22-25-45-33(5-2)34(40)37-32-26-28(3)39(35(32)41)29-23-24-31(38-44)30(27-29)36(42)43/h6-7,9-10,12-13,15-16,18-19,23-24,27-28,32-33H,4-5,8,11,14,17,20-22,25-26H2,1-3H3,(H,37,40)(H,42,43)/b7-6-,10-9-,13-12-,16-15-,19-18-. The highest BCUT2D eigenvalue weighted by Crippen LogP contribution is 2.31. The van der Waals surface area contributed by atoms with Gasteiger partial charge in [0.15, 0.2) is 0 Å². The normalized spacial score (nSPS) is 17.9. The third kappa shape index (κ3) is 13.2. The van der Waals surface area contributed by atoms with Gasteiger partial charge in [0.2, 0.25) is 11.8 Å². The molecule has 3 atom stereocenters. The lowest BCUT2D eigenvalue weighted by Gasteiger charge is -2.22. The topological polar surface area (TPSA) is 125 Å². The second kappa shape index (κ2) is 21.6. The van der Waals surface area contributed by atoms with Gasteiger partial charge in [0, 0.05) is 18.3 Å². The number of amides is 2. The van der Waals surface area contributed by atoms with E-state index < -0.39 is 18.1 Å². The number of benzene rings is 1. The number of aromatic carboxylic acids is 1. The van der Waals surface area contributed by atoms with Crippen molar-refractivity contribution in [2.75, 3.05) is 11.5 Å². The number of nitrogens with zero attached hydrogens (tertiary/aromatic N) is 2. The molecule has 0 aliphatic carbocycles. The van der Waals surface area contributed by atoms with Crippen LogP contribution in [0.3, 0.4) is 0 Å². The summed E-state index contributed by atoms with van der Waals surface area (Å²) in [5, 5.41) is 15.0. The average Bonchev–Trinajstić information content (AvgIpc) is 3.31. The zero-order valence-electron chi connectivity index (χ0n) is 26.9. The highest BCUT2D eigenvalue weighted by atomic mass is 16.5. The number of hydrogen-bond acceptors (Lipinski definition) is 6. The number of carbonyl (C=O) groups excluding carboxylic acids is 2. The number of carboxylic acids is 1. The molecule has 1 aromatic carbocycles. The molecule has 3 unspecified atom stereocenters. The van der Waals surface area contributed by atoms with Gasteiger partial charge in [0.25, 0.3) is 0 Å². The Labute approximate surface area is 267 Å². The van der Waals surface area contributed by atoms with Crippen molar-refractivity contribution in [1.82, 2.24) is 5.32 Å². The Morgan fingerprint density at radius 2 is 1.58 bits per heavy atom. The van der Waals surface area contributed by atoms with Gasteiger partial charge in [-0.25, -0.2) is 4.79 Å². The second-order valence-electron chi connectivity index (χ2n) is 10.9. The van der Waals surface area contributed by atoms with Crippen molar-refractivity contribution in [3.63, 3.8) is 0 Å². The summed E-state index contributed by atoms with van der Waals surface area (Å²) < 4.78 is 5.84. The van der Waals surface area contributed by atoms with E-state index in [9.17, 15) is 24.4 Å². The molecule has 1 aliphatic rings. The zero-order chi connectivity index (χ0) is 32.9. The van der Waals surface area contributed by atoms with Gasteiger partial charge in [-0.15, -0.1) is 4.91 Å². The molecule has 1 fully saturated rings. The maximum atomic E-state index is 13.2. The van der Waals surface area contributed by atoms with Gasteiger partial charge in [0.05, 0.1) is 5.56 Å². The minimum absolute atomic E-state index is 0.212. The van der Waals surface area contributed by atoms with Crippen molar-refractivity contribution in [1.29, 1.82) is 0 Å². The summed E-state index contributed by atoms with van der Waals surface area (Å²) in [6.07, 6.45) is 29.6. The molecule has 1 aromatic rings. The molecule has 0 aromatic heterocycles. The van der Waals surface area contributed by atoms with Gasteiger partial charge >= 0.3 is 5.97 Å². The van der Waals surface area contributed by atoms with E-state index in [1.165, 1.54) is 23.1 Å². The van der Waals surface area contributed by atoms with Crippen LogP contribution in [0.25, 0.3) is 0 Å². The number of hydrogen-bond donors (Lipinski definition) is 2. The molecule has 2 amide bonds. The molecule has 0 bridgehead atoms. The quantitative estimate of drug-likeness (QED) is 0.0813. The van der Waals surface area contributed by atoms with Crippen LogP contribution in [0.1, 0.15) is 95.3 Å². The number of nitrogens with one attached hydrogen (secondary N) is 1. The maximum Gasteiger partial charge on any atom is 0.338 e. The van der Waals surface area contributed by atoms with Gasteiger partial charge in [-0.2, -0.15) is 0 Å². The molecule has 0 radical (unpaired) electrons. The number of nitroso groups, excluding NO2 is 1. The van der Waals surface area contributed by atoms with Crippen LogP contribution in [-0.4, -0.2) is 47.7 Å². The molecule has 1 saturated heterocycles. The Hall–Kier alpha value is -4.11. The van der Waals surface area contributed by atoms with Crippen molar-refractivity contribution in [3.05, 3.63) is 89.4 Å². The average molecular weight is 620 g/mol. The Kier molecular flexibility index (Phi) is 17.8. The second-order valence-corrected chi connectivity index (χ2v) is 10.9. The monoisotopic (exact) mass is 619 g/mol. The molecule has 244 valence electrons. The number of carboxylic acid groups (broad SMARTS) is 1. The van der Waals surface area contributed by atoms with E-state index in [-0.39, 0.29) is 29.1 Å². The van der Waals surface area contributed by atoms with Crippen LogP contribution >= 0.6 is 0 Å². The molecule has 1 aliphatic heterocycles. The summed E-state index contributed by atoms with van der Waals surface area (Å²) >= 11 is 0. The molecule has 45 heavy (non-hydrogen) atoms. The lowest BCUT2D eigenvalue weighted by molar-refractivity contribution is -0.135. The molecule has 2 N–H and O–H groups in total. The van der Waals surface area contributed by atoms with Gasteiger partial charge in [0.1, 0.15) is 17.8 Å². The largest absolute Gasteiger partial charge is 0.478 e. The van der Waals surface area contributed by atoms with Gasteiger partial charge in [-0.3, -0.25) is 9.59 Å². The van der Waals surface area contributed by atoms with E-state index in [1.807, 2.05) is 13.8 Å². The number of ether oxygens (including phenoxy) is 1. The summed E-state index contributed by atoms with van der Waals surface area (Å²) in [6.45, 7) is 6.27. The molecular formula is C36H49N3O6. The Morgan fingerprint density at radius 3 is 2.13 bits per heavy atom. The third-order valence-corrected chi connectivity index (χ3v) is 7.36. The first-order valence-electron chi connectivity index (χ1n) is 16.0. The SMILES string of the molecule is CC/C=C\C/C=C\C/C=C\C/C=C\C/C=C\CCCCOC(CC)C(=O)NC1CC(C)N(c2ccc(N=O)c(C(=O)O)c2)C1=O. The predicted molar refractivity (Wildman–Crippen MR) is 181 cm³/mol. The lowest BCUT2D eigenvalue weighted by atomic mass is 10.1. The Morgan fingerprint density at radius 1 is 0.978 bits per heavy atom. The van der Waals surface area contributed by atoms with Crippen LogP contribution in [-0.2, 0) is 14.3 Å². The van der Waals surface area contributed by atoms with Gasteiger partial charge in [-0.1, -0.05) is 74.6 Å². The fourth-order valence-electron chi connectivity index (χ4n) is 4.96. The summed E-state index contributed by atoms with van der Waals surface area (Å²) in [6, 6.07) is 2.99. The van der Waals surface area contributed by atoms with Crippen molar-refractivity contribution >= 4 is 29.2 Å². The first-order valence-corrected chi connectivity index (χ1v) is 16.0. The third-order valence-electron chi connectivity index (χ3n) is 7.36. The molecular weight excluding hydrogens is 570 g/mol. The van der Waals surface area contributed by atoms with E-state index in [0.29, 0.717) is 25.1 Å². The number of carbonyl (C=O) groups is 3. The predicted octanol–water partition coefficient (Wildman–Crippen LogP) is 8.11. The smallest absolute Gasteiger partial charge is 0.338 e. The van der Waals surface area contributed by atoms with Crippen LogP contribution in [0.2, 0.25) is 0 Å². The van der Waals surface area contributed by atoms with Gasteiger partial charge < -0.3 is 20.1 Å². The van der Waals surface area contributed by atoms with Crippen molar-refractivity contribution in [2.24, 2.45) is 5.18 Å². The maximum absolute atomic E-state index is 13.2. The van der Waals surface area contributed by atoms with Crippen molar-refractivity contribution < 1.29 is 24.2 Å². The molecule has 0 spiro atoms. The molecule has 0 saturated carbocycles. The Balaban J connectivity index is 1.66. The summed E-state index contributed by atoms with van der Waals surface area (Å²) in [7, 11) is 0. The van der Waals surface area contributed by atoms with E-state index in [0.717, 1.165) is 51.4 Å². The van der Waals surface area contributed by atoms with E-state index in [1.54, 1.807) is 0 Å². The minimum Gasteiger partial charge on any atom is -0.478 e. The minimum atomic E-state index is -1.31. The van der Waals surface area contributed by atoms with E-state index >= 15 is 0 Å². The lowest BCUT2D eigenvalue weighted by Crippen LogP contribution is -2.46. The first kappa shape index (κ1) is 37.1. The number of allylic oxidation sites excluding steroid dienone is 10. The van der Waals surface area contributed by atoms with E-state index in [4.69, 9.17) is 4.74 Å². The van der Waals surface area contributed by atoms with Gasteiger partial charge in [-0.05, 0) is 94.5 Å². The fourth-order valence-corrected chi connectivity index (χ4v) is 4.96. The van der Waals surface area contributed by atoms with Crippen LogP contribution in [0.4, 0.5) is 11.4 Å². The van der Waals surface area contributed by atoms with Crippen molar-refractivity contribution in [3.8, 4) is 0 Å². The summed E-state index contributed by atoms with van der Waals surface area (Å²) in [5.41, 5.74) is -0.156. The number of unbranched alkanes of at least 4 members (excludes halogenated alkanes) is 2.